The van der Waals surface area contributed by atoms with Crippen LogP contribution in [0.15, 0.2) is 42.6 Å². The van der Waals surface area contributed by atoms with Crippen LogP contribution in [0, 0.1) is 5.82 Å². The number of aromatic nitrogens is 1. The van der Waals surface area contributed by atoms with Crippen molar-refractivity contribution < 1.29 is 55.1 Å². The fourth-order valence-electron chi connectivity index (χ4n) is 3.42. The van der Waals surface area contributed by atoms with Crippen LogP contribution < -0.4 is 5.32 Å². The van der Waals surface area contributed by atoms with Gasteiger partial charge in [0, 0.05) is 44.9 Å². The van der Waals surface area contributed by atoms with E-state index in [0.29, 0.717) is 12.3 Å². The number of anilines is 1. The average Bonchev–Trinajstić information content (AvgIpc) is 3.19. The number of hydrogen-bond acceptors (Lipinski definition) is 3. The number of nitrogens with zero attached hydrogens (tertiary/aromatic N) is 2. The molecule has 35 heavy (non-hydrogen) atoms. The topological polar surface area (TPSA) is 45.2 Å². The van der Waals surface area contributed by atoms with Crippen molar-refractivity contribution in [2.45, 2.75) is 87.0 Å². The van der Waals surface area contributed by atoms with Crippen LogP contribution in [-0.2, 0) is 43.7 Å². The molecule has 1 amide bonds. The number of nitrogens with one attached hydrogen (secondary N) is 1. The summed E-state index contributed by atoms with van der Waals surface area (Å²) in [5.41, 5.74) is 0.362. The Bertz CT molecular complexity index is 858. The molecule has 1 N–H and O–H groups in total. The minimum absolute atomic E-state index is 0. The molecule has 0 aliphatic carbocycles. The summed E-state index contributed by atoms with van der Waals surface area (Å²) in [6.07, 6.45) is -1.78. The Kier molecular flexibility index (Phi) is 18.7. The summed E-state index contributed by atoms with van der Waals surface area (Å²) in [7, 11) is 0. The molecule has 2 heterocycles. The Balaban J connectivity index is -0.000000631. The SMILES string of the molecule is C.C.C.CC(C)N1CCCC1C(=O)Nc1cc(C(F)(F)F)ccn1.CC(C)c1ccc(F)cc1.[Y]. The predicted molar refractivity (Wildman–Crippen MR) is 133 cm³/mol. The van der Waals surface area contributed by atoms with Crippen molar-refractivity contribution in [2.75, 3.05) is 11.9 Å². The summed E-state index contributed by atoms with van der Waals surface area (Å²) >= 11 is 0. The van der Waals surface area contributed by atoms with Gasteiger partial charge in [-0.1, -0.05) is 48.3 Å². The standard InChI is InChI=1S/C14H18F3N3O.C9H11F.3CH4.Y/c1-9(2)20-7-3-4-11(20)13(21)19-12-8-10(5-6-18-12)14(15,16)17;1-7(2)8-3-5-9(10)6-4-8;;;;/h5-6,8-9,11H,3-4,7H2,1-2H3,(H,18,19,21);3-7H,1-2H3;3*1H4;. The molecular weight excluding hydrogens is 535 g/mol. The predicted octanol–water partition coefficient (Wildman–Crippen LogP) is 7.77. The maximum atomic E-state index is 12.6. The molecule has 197 valence electrons. The van der Waals surface area contributed by atoms with E-state index >= 15 is 0 Å². The molecule has 1 radical (unpaired) electrons. The van der Waals surface area contributed by atoms with Crippen LogP contribution in [0.4, 0.5) is 23.4 Å². The number of rotatable bonds is 4. The van der Waals surface area contributed by atoms with Gasteiger partial charge in [0.25, 0.3) is 0 Å². The fourth-order valence-corrected chi connectivity index (χ4v) is 3.42. The number of alkyl halides is 3. The Morgan fingerprint density at radius 1 is 1.06 bits per heavy atom. The summed E-state index contributed by atoms with van der Waals surface area (Å²) < 4.78 is 50.2. The van der Waals surface area contributed by atoms with Crippen molar-refractivity contribution in [3.8, 4) is 0 Å². The first-order valence-electron chi connectivity index (χ1n) is 10.3. The first-order chi connectivity index (χ1) is 14.5. The van der Waals surface area contributed by atoms with Crippen LogP contribution in [0.5, 0.6) is 0 Å². The summed E-state index contributed by atoms with van der Waals surface area (Å²) in [6, 6.07) is 8.28. The zero-order chi connectivity index (χ0) is 23.2. The van der Waals surface area contributed by atoms with Crippen molar-refractivity contribution in [1.82, 2.24) is 9.88 Å². The molecule has 4 nitrogen and oxygen atoms in total. The van der Waals surface area contributed by atoms with Crippen LogP contribution in [-0.4, -0.2) is 34.4 Å². The van der Waals surface area contributed by atoms with E-state index in [1.807, 2.05) is 30.9 Å². The summed E-state index contributed by atoms with van der Waals surface area (Å²) in [5, 5.41) is 2.49. The van der Waals surface area contributed by atoms with E-state index in [9.17, 15) is 22.4 Å². The largest absolute Gasteiger partial charge is 0.416 e. The van der Waals surface area contributed by atoms with Gasteiger partial charge in [-0.25, -0.2) is 9.37 Å². The monoisotopic (exact) mass is 576 g/mol. The first kappa shape index (κ1) is 38.2. The molecule has 1 atom stereocenters. The molecule has 3 rings (SSSR count). The second-order valence-electron chi connectivity index (χ2n) is 8.11. The smallest absolute Gasteiger partial charge is 0.309 e. The van der Waals surface area contributed by atoms with E-state index in [0.717, 1.165) is 31.3 Å². The summed E-state index contributed by atoms with van der Waals surface area (Å²) in [4.78, 5) is 18.0. The van der Waals surface area contributed by atoms with E-state index in [2.05, 4.69) is 24.1 Å². The molecule has 0 bridgehead atoms. The molecule has 1 aliphatic heterocycles. The Hall–Kier alpha value is -1.38. The van der Waals surface area contributed by atoms with Crippen LogP contribution in [0.25, 0.3) is 0 Å². The van der Waals surface area contributed by atoms with Crippen molar-refractivity contribution in [2.24, 2.45) is 0 Å². The summed E-state index contributed by atoms with van der Waals surface area (Å²) in [5.74, 6) is -0.0385. The van der Waals surface area contributed by atoms with Gasteiger partial charge in [-0.05, 0) is 69.0 Å². The minimum atomic E-state index is -4.44. The van der Waals surface area contributed by atoms with Crippen molar-refractivity contribution in [1.29, 1.82) is 0 Å². The van der Waals surface area contributed by atoms with Gasteiger partial charge in [0.05, 0.1) is 11.6 Å². The molecule has 0 saturated carbocycles. The van der Waals surface area contributed by atoms with Gasteiger partial charge in [-0.15, -0.1) is 0 Å². The summed E-state index contributed by atoms with van der Waals surface area (Å²) in [6.45, 7) is 8.99. The third kappa shape index (κ3) is 11.9. The Morgan fingerprint density at radius 2 is 1.63 bits per heavy atom. The van der Waals surface area contributed by atoms with Gasteiger partial charge < -0.3 is 5.32 Å². The number of amides is 1. The number of benzene rings is 1. The van der Waals surface area contributed by atoms with Gasteiger partial charge in [0.1, 0.15) is 11.6 Å². The minimum Gasteiger partial charge on any atom is -0.309 e. The number of pyridine rings is 1. The quantitative estimate of drug-likeness (QED) is 0.379. The van der Waals surface area contributed by atoms with Gasteiger partial charge in [0.2, 0.25) is 5.91 Å². The van der Waals surface area contributed by atoms with Crippen LogP contribution in [0.2, 0.25) is 0 Å². The normalized spacial score (nSPS) is 15.0. The van der Waals surface area contributed by atoms with Crippen LogP contribution in [0.1, 0.15) is 79.9 Å². The number of carbonyl (C=O) groups excluding carboxylic acids is 1. The number of carbonyl (C=O) groups is 1. The zero-order valence-corrected chi connectivity index (χ0v) is 21.6. The van der Waals surface area contributed by atoms with E-state index in [1.165, 1.54) is 17.7 Å². The maximum absolute atomic E-state index is 12.6. The number of likely N-dealkylation sites (tertiary alicyclic amines) is 1. The molecule has 1 aromatic heterocycles. The Morgan fingerprint density at radius 3 is 2.11 bits per heavy atom. The molecule has 9 heteroatoms. The van der Waals surface area contributed by atoms with Gasteiger partial charge in [-0.3, -0.25) is 9.69 Å². The second-order valence-corrected chi connectivity index (χ2v) is 8.11. The molecule has 1 fully saturated rings. The molecule has 0 spiro atoms. The maximum Gasteiger partial charge on any atom is 0.416 e. The molecular formula is C26H41F4N3OY. The van der Waals surface area contributed by atoms with Crippen molar-refractivity contribution in [3.05, 3.63) is 59.5 Å². The first-order valence-corrected chi connectivity index (χ1v) is 10.3. The van der Waals surface area contributed by atoms with Crippen LogP contribution >= 0.6 is 0 Å². The molecule has 1 aliphatic rings. The molecule has 1 aromatic carbocycles. The van der Waals surface area contributed by atoms with Crippen molar-refractivity contribution in [3.63, 3.8) is 0 Å². The van der Waals surface area contributed by atoms with Gasteiger partial charge >= 0.3 is 6.18 Å². The van der Waals surface area contributed by atoms with E-state index in [4.69, 9.17) is 0 Å². The Labute approximate surface area is 234 Å². The third-order valence-corrected chi connectivity index (χ3v) is 5.14. The zero-order valence-electron chi connectivity index (χ0n) is 18.8. The number of hydrogen-bond donors (Lipinski definition) is 1. The average molecular weight is 577 g/mol. The van der Waals surface area contributed by atoms with E-state index in [-0.39, 0.29) is 84.6 Å². The van der Waals surface area contributed by atoms with Crippen LogP contribution in [0.3, 0.4) is 0 Å². The molecule has 1 unspecified atom stereocenters. The van der Waals surface area contributed by atoms with Gasteiger partial charge in [0.15, 0.2) is 0 Å². The second kappa shape index (κ2) is 17.1. The van der Waals surface area contributed by atoms with Gasteiger partial charge in [-0.2, -0.15) is 13.2 Å². The molecule has 1 saturated heterocycles. The van der Waals surface area contributed by atoms with E-state index < -0.39 is 11.7 Å². The molecule has 2 aromatic rings. The third-order valence-electron chi connectivity index (χ3n) is 5.14. The van der Waals surface area contributed by atoms with Crippen molar-refractivity contribution >= 4 is 11.7 Å². The van der Waals surface area contributed by atoms with E-state index in [1.54, 1.807) is 0 Å². The number of halogens is 4. The fraction of sp³-hybridized carbons (Fsp3) is 0.538.